The third-order valence-corrected chi connectivity index (χ3v) is 2.70. The molecule has 0 saturated carbocycles. The van der Waals surface area contributed by atoms with Crippen LogP contribution in [0.2, 0.25) is 0 Å². The molecule has 0 aliphatic rings. The van der Waals surface area contributed by atoms with E-state index in [1.807, 2.05) is 0 Å². The van der Waals surface area contributed by atoms with Gasteiger partial charge in [-0.2, -0.15) is 0 Å². The van der Waals surface area contributed by atoms with Crippen LogP contribution in [0.3, 0.4) is 0 Å². The third-order valence-electron chi connectivity index (χ3n) is 1.22. The van der Waals surface area contributed by atoms with Crippen LogP contribution in [0.1, 0.15) is 10.4 Å². The molecule has 2 nitrogen and oxygen atoms in total. The summed E-state index contributed by atoms with van der Waals surface area (Å²) < 4.78 is 13.3. The molecular weight excluding hydrogens is 342 g/mol. The zero-order valence-corrected chi connectivity index (χ0v) is 9.39. The third kappa shape index (κ3) is 1.95. The highest BCUT2D eigenvalue weighted by Gasteiger charge is 2.13. The Kier molecular flexibility index (Phi) is 3.05. The fourth-order valence-corrected chi connectivity index (χ4v) is 2.54. The van der Waals surface area contributed by atoms with E-state index >= 15 is 0 Å². The van der Waals surface area contributed by atoms with Crippen LogP contribution in [0.15, 0.2) is 16.6 Å². The Morgan fingerprint density at radius 2 is 2.17 bits per heavy atom. The molecule has 64 valence electrons. The Hall–Kier alpha value is -0.170. The zero-order valence-electron chi connectivity index (χ0n) is 5.64. The molecule has 0 amide bonds. The van der Waals surface area contributed by atoms with Gasteiger partial charge in [-0.05, 0) is 50.7 Å². The molecule has 5 heteroatoms. The fourth-order valence-electron chi connectivity index (χ4n) is 0.747. The minimum absolute atomic E-state index is 0.0944. The molecule has 1 aromatic rings. The number of benzene rings is 1. The van der Waals surface area contributed by atoms with Crippen LogP contribution < -0.4 is 0 Å². The van der Waals surface area contributed by atoms with Gasteiger partial charge in [0.1, 0.15) is 5.82 Å². The van der Waals surface area contributed by atoms with Crippen molar-refractivity contribution in [1.82, 2.24) is 0 Å². The average Bonchev–Trinajstić information content (AvgIpc) is 1.82. The van der Waals surface area contributed by atoms with Gasteiger partial charge in [0.05, 0.1) is 5.56 Å². The van der Waals surface area contributed by atoms with Crippen LogP contribution in [-0.2, 0) is 0 Å². The van der Waals surface area contributed by atoms with E-state index in [1.54, 1.807) is 22.6 Å². The van der Waals surface area contributed by atoms with Crippen molar-refractivity contribution in [2.45, 2.75) is 0 Å². The highest BCUT2D eigenvalue weighted by Crippen LogP contribution is 2.23. The van der Waals surface area contributed by atoms with Gasteiger partial charge in [0.15, 0.2) is 0 Å². The molecule has 0 aromatic heterocycles. The van der Waals surface area contributed by atoms with Crippen molar-refractivity contribution in [1.29, 1.82) is 0 Å². The lowest BCUT2D eigenvalue weighted by molar-refractivity contribution is 0.0694. The van der Waals surface area contributed by atoms with E-state index in [-0.39, 0.29) is 10.0 Å². The maximum atomic E-state index is 12.6. The number of hydrogen-bond donors (Lipinski definition) is 1. The summed E-state index contributed by atoms with van der Waals surface area (Å²) in [7, 11) is 0. The van der Waals surface area contributed by atoms with Gasteiger partial charge in [-0.3, -0.25) is 0 Å². The topological polar surface area (TPSA) is 37.3 Å². The van der Waals surface area contributed by atoms with E-state index in [2.05, 4.69) is 15.9 Å². The lowest BCUT2D eigenvalue weighted by atomic mass is 10.2. The summed E-state index contributed by atoms with van der Waals surface area (Å²) in [6.07, 6.45) is 0. The molecule has 0 heterocycles. The summed E-state index contributed by atoms with van der Waals surface area (Å²) in [4.78, 5) is 10.6. The van der Waals surface area contributed by atoms with Crippen LogP contribution in [0, 0.1) is 9.39 Å². The summed E-state index contributed by atoms with van der Waals surface area (Å²) in [5, 5.41) is 8.68. The molecule has 0 spiro atoms. The van der Waals surface area contributed by atoms with Crippen LogP contribution in [0.4, 0.5) is 4.39 Å². The van der Waals surface area contributed by atoms with E-state index in [9.17, 15) is 9.18 Å². The molecule has 0 radical (unpaired) electrons. The SMILES string of the molecule is O=C(O)c1c(Br)cc(F)cc1I. The average molecular weight is 345 g/mol. The van der Waals surface area contributed by atoms with Crippen LogP contribution >= 0.6 is 38.5 Å². The molecule has 0 bridgehead atoms. The predicted molar refractivity (Wildman–Crippen MR) is 53.8 cm³/mol. The van der Waals surface area contributed by atoms with Crippen molar-refractivity contribution >= 4 is 44.5 Å². The van der Waals surface area contributed by atoms with E-state index in [4.69, 9.17) is 5.11 Å². The quantitative estimate of drug-likeness (QED) is 0.795. The van der Waals surface area contributed by atoms with Crippen molar-refractivity contribution in [3.63, 3.8) is 0 Å². The molecule has 1 N–H and O–H groups in total. The Morgan fingerprint density at radius 3 is 2.58 bits per heavy atom. The van der Waals surface area contributed by atoms with E-state index in [1.165, 1.54) is 6.07 Å². The second kappa shape index (κ2) is 3.69. The van der Waals surface area contributed by atoms with E-state index in [0.717, 1.165) is 6.07 Å². The van der Waals surface area contributed by atoms with Crippen LogP contribution in [0.25, 0.3) is 0 Å². The minimum atomic E-state index is -1.06. The number of carbonyl (C=O) groups is 1. The predicted octanol–water partition coefficient (Wildman–Crippen LogP) is 2.89. The fraction of sp³-hybridized carbons (Fsp3) is 0. The molecule has 12 heavy (non-hydrogen) atoms. The van der Waals surface area contributed by atoms with Crippen molar-refractivity contribution < 1.29 is 14.3 Å². The summed E-state index contributed by atoms with van der Waals surface area (Å²) in [6, 6.07) is 2.31. The number of carboxylic acid groups (broad SMARTS) is 1. The van der Waals surface area contributed by atoms with Gasteiger partial charge in [0, 0.05) is 8.04 Å². The second-order valence-corrected chi connectivity index (χ2v) is 4.07. The summed E-state index contributed by atoms with van der Waals surface area (Å²) in [5.41, 5.74) is 0.0944. The first-order chi connectivity index (χ1) is 5.52. The van der Waals surface area contributed by atoms with Gasteiger partial charge < -0.3 is 5.11 Å². The standard InChI is InChI=1S/C7H3BrFIO2/c8-4-1-3(9)2-5(10)6(4)7(11)12/h1-2H,(H,11,12). The van der Waals surface area contributed by atoms with Gasteiger partial charge in [-0.1, -0.05) is 0 Å². The first-order valence-corrected chi connectivity index (χ1v) is 4.77. The smallest absolute Gasteiger partial charge is 0.337 e. The van der Waals surface area contributed by atoms with Gasteiger partial charge in [-0.15, -0.1) is 0 Å². The maximum absolute atomic E-state index is 12.6. The van der Waals surface area contributed by atoms with Crippen molar-refractivity contribution in [2.75, 3.05) is 0 Å². The van der Waals surface area contributed by atoms with Crippen LogP contribution in [0.5, 0.6) is 0 Å². The van der Waals surface area contributed by atoms with Gasteiger partial charge >= 0.3 is 5.97 Å². The Balaban J connectivity index is 3.38. The first kappa shape index (κ1) is 9.91. The Morgan fingerprint density at radius 1 is 1.58 bits per heavy atom. The van der Waals surface area contributed by atoms with Crippen molar-refractivity contribution in [3.05, 3.63) is 31.6 Å². The molecule has 0 atom stereocenters. The zero-order chi connectivity index (χ0) is 9.30. The number of rotatable bonds is 1. The van der Waals surface area contributed by atoms with Gasteiger partial charge in [0.25, 0.3) is 0 Å². The van der Waals surface area contributed by atoms with Gasteiger partial charge in [-0.25, -0.2) is 9.18 Å². The monoisotopic (exact) mass is 344 g/mol. The van der Waals surface area contributed by atoms with Crippen LogP contribution in [-0.4, -0.2) is 11.1 Å². The number of carboxylic acids is 1. The number of halogens is 3. The van der Waals surface area contributed by atoms with Crippen molar-refractivity contribution in [2.24, 2.45) is 0 Å². The summed E-state index contributed by atoms with van der Waals surface area (Å²) in [6.45, 7) is 0. The van der Waals surface area contributed by atoms with Crippen molar-refractivity contribution in [3.8, 4) is 0 Å². The number of aromatic carboxylic acids is 1. The Bertz CT molecular complexity index is 317. The molecule has 1 rings (SSSR count). The highest BCUT2D eigenvalue weighted by molar-refractivity contribution is 14.1. The largest absolute Gasteiger partial charge is 0.478 e. The summed E-state index contributed by atoms with van der Waals surface area (Å²) in [5.74, 6) is -1.51. The highest BCUT2D eigenvalue weighted by atomic mass is 127. The molecule has 0 aliphatic heterocycles. The minimum Gasteiger partial charge on any atom is -0.478 e. The molecule has 0 aliphatic carbocycles. The molecule has 0 fully saturated rings. The first-order valence-electron chi connectivity index (χ1n) is 2.90. The van der Waals surface area contributed by atoms with Gasteiger partial charge in [0.2, 0.25) is 0 Å². The molecule has 1 aromatic carbocycles. The van der Waals surface area contributed by atoms with E-state index in [0.29, 0.717) is 3.57 Å². The molecule has 0 saturated heterocycles. The van der Waals surface area contributed by atoms with E-state index < -0.39 is 11.8 Å². The molecular formula is C7H3BrFIO2. The second-order valence-electron chi connectivity index (χ2n) is 2.05. The lowest BCUT2D eigenvalue weighted by Gasteiger charge is -2.01. The lowest BCUT2D eigenvalue weighted by Crippen LogP contribution is -2.01. The molecule has 0 unspecified atom stereocenters. The number of hydrogen-bond acceptors (Lipinski definition) is 1. The summed E-state index contributed by atoms with van der Waals surface area (Å²) >= 11 is 4.75. The Labute approximate surface area is 90.0 Å². The maximum Gasteiger partial charge on any atom is 0.337 e. The normalized spacial score (nSPS) is 9.92.